The number of ether oxygens (including phenoxy) is 1. The molecule has 2 rings (SSSR count). The predicted molar refractivity (Wildman–Crippen MR) is 80.7 cm³/mol. The van der Waals surface area contributed by atoms with E-state index in [1.807, 2.05) is 24.3 Å². The van der Waals surface area contributed by atoms with Crippen LogP contribution in [0.3, 0.4) is 0 Å². The molecule has 2 unspecified atom stereocenters. The highest BCUT2D eigenvalue weighted by Gasteiger charge is 2.17. The second-order valence-electron chi connectivity index (χ2n) is 5.84. The molecule has 2 atom stereocenters. The Morgan fingerprint density at radius 1 is 1.25 bits per heavy atom. The third kappa shape index (κ3) is 4.07. The first kappa shape index (κ1) is 15.0. The van der Waals surface area contributed by atoms with E-state index in [1.165, 1.54) is 39.2 Å². The zero-order valence-corrected chi connectivity index (χ0v) is 12.5. The van der Waals surface area contributed by atoms with E-state index in [-0.39, 0.29) is 5.97 Å². The number of benzene rings is 1. The molecule has 1 N–H and O–H groups in total. The third-order valence-corrected chi connectivity index (χ3v) is 4.26. The molecule has 1 fully saturated rings. The first-order chi connectivity index (χ1) is 9.70. The highest BCUT2D eigenvalue weighted by atomic mass is 16.5. The van der Waals surface area contributed by atoms with Crippen molar-refractivity contribution in [3.8, 4) is 0 Å². The number of rotatable bonds is 4. The van der Waals surface area contributed by atoms with Crippen LogP contribution in [0.2, 0.25) is 0 Å². The Balaban J connectivity index is 1.95. The van der Waals surface area contributed by atoms with Crippen molar-refractivity contribution in [1.82, 2.24) is 5.32 Å². The van der Waals surface area contributed by atoms with Gasteiger partial charge >= 0.3 is 5.97 Å². The molecular formula is C17H25NO2. The van der Waals surface area contributed by atoms with Gasteiger partial charge in [0.2, 0.25) is 0 Å². The van der Waals surface area contributed by atoms with E-state index in [0.717, 1.165) is 18.0 Å². The van der Waals surface area contributed by atoms with Crippen molar-refractivity contribution >= 4 is 5.97 Å². The van der Waals surface area contributed by atoms with E-state index in [0.29, 0.717) is 11.6 Å². The number of hydrogen-bond donors (Lipinski definition) is 1. The van der Waals surface area contributed by atoms with Crippen LogP contribution in [0.4, 0.5) is 0 Å². The lowest BCUT2D eigenvalue weighted by atomic mass is 10.0. The van der Waals surface area contributed by atoms with Crippen LogP contribution >= 0.6 is 0 Å². The van der Waals surface area contributed by atoms with E-state index in [9.17, 15) is 4.79 Å². The topological polar surface area (TPSA) is 38.3 Å². The van der Waals surface area contributed by atoms with Gasteiger partial charge in [0.05, 0.1) is 12.7 Å². The van der Waals surface area contributed by atoms with Crippen molar-refractivity contribution in [3.05, 3.63) is 35.4 Å². The van der Waals surface area contributed by atoms with Gasteiger partial charge in [-0.25, -0.2) is 4.79 Å². The van der Waals surface area contributed by atoms with E-state index < -0.39 is 0 Å². The van der Waals surface area contributed by atoms with Gasteiger partial charge in [-0.3, -0.25) is 0 Å². The van der Waals surface area contributed by atoms with E-state index in [2.05, 4.69) is 12.2 Å². The Morgan fingerprint density at radius 3 is 2.85 bits per heavy atom. The molecule has 1 aliphatic rings. The molecule has 0 amide bonds. The van der Waals surface area contributed by atoms with Gasteiger partial charge in [0.15, 0.2) is 0 Å². The summed E-state index contributed by atoms with van der Waals surface area (Å²) in [6.07, 6.45) is 6.43. The zero-order valence-electron chi connectivity index (χ0n) is 12.5. The average molecular weight is 275 g/mol. The zero-order chi connectivity index (χ0) is 14.4. The van der Waals surface area contributed by atoms with Gasteiger partial charge < -0.3 is 10.1 Å². The van der Waals surface area contributed by atoms with Crippen LogP contribution in [0.25, 0.3) is 0 Å². The maximum atomic E-state index is 11.7. The minimum atomic E-state index is -0.253. The van der Waals surface area contributed by atoms with Gasteiger partial charge in [-0.2, -0.15) is 0 Å². The summed E-state index contributed by atoms with van der Waals surface area (Å²) in [5.41, 5.74) is 1.70. The molecule has 3 nitrogen and oxygen atoms in total. The lowest BCUT2D eigenvalue weighted by molar-refractivity contribution is 0.0599. The molecular weight excluding hydrogens is 250 g/mol. The summed E-state index contributed by atoms with van der Waals surface area (Å²) in [4.78, 5) is 11.7. The fourth-order valence-corrected chi connectivity index (χ4v) is 2.93. The Morgan fingerprint density at radius 2 is 2.05 bits per heavy atom. The maximum absolute atomic E-state index is 11.7. The molecule has 1 saturated carbocycles. The third-order valence-electron chi connectivity index (χ3n) is 4.26. The molecule has 0 aliphatic heterocycles. The summed E-state index contributed by atoms with van der Waals surface area (Å²) in [5.74, 6) is 0.598. The van der Waals surface area contributed by atoms with Crippen LogP contribution in [-0.4, -0.2) is 19.1 Å². The summed E-state index contributed by atoms with van der Waals surface area (Å²) in [5, 5.41) is 3.61. The summed E-state index contributed by atoms with van der Waals surface area (Å²) < 4.78 is 4.84. The van der Waals surface area contributed by atoms with Gasteiger partial charge in [0, 0.05) is 12.6 Å². The van der Waals surface area contributed by atoms with Gasteiger partial charge in [-0.1, -0.05) is 38.0 Å². The molecule has 0 aromatic heterocycles. The molecule has 1 aromatic rings. The minimum Gasteiger partial charge on any atom is -0.465 e. The largest absolute Gasteiger partial charge is 0.465 e. The fraction of sp³-hybridized carbons (Fsp3) is 0.588. The van der Waals surface area contributed by atoms with Gasteiger partial charge in [0.25, 0.3) is 0 Å². The van der Waals surface area contributed by atoms with Crippen LogP contribution < -0.4 is 5.32 Å². The Kier molecular flexibility index (Phi) is 5.60. The number of methoxy groups -OCH3 is 1. The summed E-state index contributed by atoms with van der Waals surface area (Å²) in [7, 11) is 1.43. The SMILES string of the molecule is COC(=O)c1ccccc1CNC1CCCC(C)CC1. The summed E-state index contributed by atoms with van der Waals surface area (Å²) in [6, 6.07) is 8.25. The first-order valence-electron chi connectivity index (χ1n) is 7.60. The van der Waals surface area contributed by atoms with Gasteiger partial charge in [-0.15, -0.1) is 0 Å². The van der Waals surface area contributed by atoms with Crippen molar-refractivity contribution in [2.24, 2.45) is 5.92 Å². The lowest BCUT2D eigenvalue weighted by Gasteiger charge is -2.17. The van der Waals surface area contributed by atoms with Crippen molar-refractivity contribution in [1.29, 1.82) is 0 Å². The molecule has 0 heterocycles. The van der Waals surface area contributed by atoms with E-state index >= 15 is 0 Å². The lowest BCUT2D eigenvalue weighted by Crippen LogP contribution is -2.28. The number of esters is 1. The highest BCUT2D eigenvalue weighted by Crippen LogP contribution is 2.23. The molecule has 1 aromatic carbocycles. The number of carbonyl (C=O) groups is 1. The maximum Gasteiger partial charge on any atom is 0.338 e. The van der Waals surface area contributed by atoms with Crippen LogP contribution in [0.15, 0.2) is 24.3 Å². The second-order valence-corrected chi connectivity index (χ2v) is 5.84. The number of nitrogens with one attached hydrogen (secondary N) is 1. The summed E-state index contributed by atoms with van der Waals surface area (Å²) in [6.45, 7) is 3.08. The average Bonchev–Trinajstić information content (AvgIpc) is 2.69. The summed E-state index contributed by atoms with van der Waals surface area (Å²) >= 11 is 0. The van der Waals surface area contributed by atoms with Gasteiger partial charge in [-0.05, 0) is 36.8 Å². The van der Waals surface area contributed by atoms with Crippen molar-refractivity contribution in [2.45, 2.75) is 51.6 Å². The predicted octanol–water partition coefficient (Wildman–Crippen LogP) is 3.53. The molecule has 1 aliphatic carbocycles. The van der Waals surface area contributed by atoms with E-state index in [1.54, 1.807) is 0 Å². The molecule has 0 spiro atoms. The fourth-order valence-electron chi connectivity index (χ4n) is 2.93. The Bertz CT molecular complexity index is 444. The van der Waals surface area contributed by atoms with Crippen molar-refractivity contribution < 1.29 is 9.53 Å². The monoisotopic (exact) mass is 275 g/mol. The molecule has 3 heteroatoms. The minimum absolute atomic E-state index is 0.253. The Labute approximate surface area is 121 Å². The first-order valence-corrected chi connectivity index (χ1v) is 7.60. The normalized spacial score (nSPS) is 23.1. The molecule has 20 heavy (non-hydrogen) atoms. The van der Waals surface area contributed by atoms with Crippen molar-refractivity contribution in [2.75, 3.05) is 7.11 Å². The number of carbonyl (C=O) groups excluding carboxylic acids is 1. The van der Waals surface area contributed by atoms with Gasteiger partial charge in [0.1, 0.15) is 0 Å². The van der Waals surface area contributed by atoms with Crippen LogP contribution in [-0.2, 0) is 11.3 Å². The van der Waals surface area contributed by atoms with Crippen LogP contribution in [0.5, 0.6) is 0 Å². The van der Waals surface area contributed by atoms with Crippen LogP contribution in [0.1, 0.15) is 54.9 Å². The molecule has 0 bridgehead atoms. The highest BCUT2D eigenvalue weighted by molar-refractivity contribution is 5.90. The standard InChI is InChI=1S/C17H25NO2/c1-13-6-5-8-15(11-10-13)18-12-14-7-3-4-9-16(14)17(19)20-2/h3-4,7,9,13,15,18H,5-6,8,10-12H2,1-2H3. The molecule has 0 radical (unpaired) electrons. The van der Waals surface area contributed by atoms with E-state index in [4.69, 9.17) is 4.74 Å². The smallest absolute Gasteiger partial charge is 0.338 e. The molecule has 110 valence electrons. The Hall–Kier alpha value is -1.35. The quantitative estimate of drug-likeness (QED) is 0.675. The van der Waals surface area contributed by atoms with Crippen LogP contribution in [0, 0.1) is 5.92 Å². The van der Waals surface area contributed by atoms with Crippen molar-refractivity contribution in [3.63, 3.8) is 0 Å². The molecule has 0 saturated heterocycles. The number of hydrogen-bond acceptors (Lipinski definition) is 3. The second kappa shape index (κ2) is 7.44.